The molecule has 2 aromatic carbocycles. The Bertz CT molecular complexity index is 1600. The van der Waals surface area contributed by atoms with Gasteiger partial charge in [0.25, 0.3) is 5.91 Å². The number of urea groups is 1. The van der Waals surface area contributed by atoms with Crippen LogP contribution < -0.4 is 20.7 Å². The lowest BCUT2D eigenvalue weighted by atomic mass is 9.85. The molecule has 3 aromatic rings. The molecule has 49 heavy (non-hydrogen) atoms. The van der Waals surface area contributed by atoms with Gasteiger partial charge in [-0.1, -0.05) is 44.2 Å². The van der Waals surface area contributed by atoms with Crippen molar-refractivity contribution in [3.63, 3.8) is 0 Å². The average Bonchev–Trinajstić information content (AvgIpc) is 3.61. The molecule has 1 unspecified atom stereocenters. The number of methoxy groups -OCH3 is 1. The second-order valence-electron chi connectivity index (χ2n) is 12.7. The van der Waals surface area contributed by atoms with Crippen LogP contribution in [0.4, 0.5) is 10.5 Å². The molecule has 3 N–H and O–H groups in total. The minimum atomic E-state index is -1.11. The molecule has 2 atom stereocenters. The number of hydrogen-bond donors (Lipinski definition) is 2. The summed E-state index contributed by atoms with van der Waals surface area (Å²) in [7, 11) is 3.41. The van der Waals surface area contributed by atoms with Crippen molar-refractivity contribution in [3.8, 4) is 5.75 Å². The number of para-hydroxylation sites is 1. The molecule has 5 rings (SSSR count). The van der Waals surface area contributed by atoms with Gasteiger partial charge in [-0.05, 0) is 55.8 Å². The van der Waals surface area contributed by atoms with Gasteiger partial charge in [-0.15, -0.1) is 0 Å². The number of imide groups is 1. The Morgan fingerprint density at radius 2 is 1.69 bits per heavy atom. The van der Waals surface area contributed by atoms with Crippen LogP contribution in [0.2, 0.25) is 0 Å². The Morgan fingerprint density at radius 1 is 1.02 bits per heavy atom. The smallest absolute Gasteiger partial charge is 0.332 e. The highest BCUT2D eigenvalue weighted by molar-refractivity contribution is 6.17. The molecule has 0 radical (unpaired) electrons. The number of anilines is 1. The molecule has 0 aliphatic carbocycles. The second-order valence-corrected chi connectivity index (χ2v) is 12.7. The fraction of sp³-hybridized carbons (Fsp3) is 0.472. The van der Waals surface area contributed by atoms with Crippen LogP contribution in [0.1, 0.15) is 37.9 Å². The SMILES string of the molecule is CCN(CC)CCN1C(=O)N(c2ccccc2)C2(CCN(C(=O)[C@@H](Cc3ccc(OC)cc3)NC(=O)C(N)Cc3cncn3C)CC2)C1=O. The van der Waals surface area contributed by atoms with Gasteiger partial charge in [0.05, 0.1) is 19.5 Å². The number of amides is 5. The summed E-state index contributed by atoms with van der Waals surface area (Å²) in [6.07, 6.45) is 4.34. The summed E-state index contributed by atoms with van der Waals surface area (Å²) >= 11 is 0. The van der Waals surface area contributed by atoms with E-state index >= 15 is 0 Å². The fourth-order valence-electron chi connectivity index (χ4n) is 6.78. The van der Waals surface area contributed by atoms with E-state index in [9.17, 15) is 19.2 Å². The molecule has 13 heteroatoms. The number of carbonyl (C=O) groups excluding carboxylic acids is 4. The molecule has 1 spiro atoms. The van der Waals surface area contributed by atoms with E-state index in [0.29, 0.717) is 24.5 Å². The molecule has 262 valence electrons. The highest BCUT2D eigenvalue weighted by Gasteiger charge is 2.59. The minimum Gasteiger partial charge on any atom is -0.497 e. The molecular formula is C36H48N8O5. The molecule has 2 aliphatic heterocycles. The van der Waals surface area contributed by atoms with Crippen molar-refractivity contribution in [1.82, 2.24) is 29.6 Å². The zero-order valence-electron chi connectivity index (χ0n) is 28.9. The summed E-state index contributed by atoms with van der Waals surface area (Å²) in [5, 5.41) is 2.92. The number of likely N-dealkylation sites (tertiary alicyclic amines) is 1. The molecule has 13 nitrogen and oxygen atoms in total. The first-order valence-corrected chi connectivity index (χ1v) is 17.0. The lowest BCUT2D eigenvalue weighted by molar-refractivity contribution is -0.140. The summed E-state index contributed by atoms with van der Waals surface area (Å²) < 4.78 is 7.09. The van der Waals surface area contributed by atoms with E-state index in [1.807, 2.05) is 61.6 Å². The maximum Gasteiger partial charge on any atom is 0.332 e. The van der Waals surface area contributed by atoms with Gasteiger partial charge in [0.1, 0.15) is 17.3 Å². The number of rotatable bonds is 14. The molecule has 0 saturated carbocycles. The van der Waals surface area contributed by atoms with Crippen LogP contribution in [0.3, 0.4) is 0 Å². The van der Waals surface area contributed by atoms with Crippen molar-refractivity contribution in [2.75, 3.05) is 51.3 Å². The number of nitrogens with two attached hydrogens (primary N) is 1. The third-order valence-electron chi connectivity index (χ3n) is 9.84. The Morgan fingerprint density at radius 3 is 2.29 bits per heavy atom. The number of benzene rings is 2. The van der Waals surface area contributed by atoms with Gasteiger partial charge in [0.2, 0.25) is 11.8 Å². The van der Waals surface area contributed by atoms with Crippen LogP contribution >= 0.6 is 0 Å². The van der Waals surface area contributed by atoms with Crippen LogP contribution in [0.5, 0.6) is 5.75 Å². The summed E-state index contributed by atoms with van der Waals surface area (Å²) in [4.78, 5) is 66.7. The number of hydrogen-bond acceptors (Lipinski definition) is 8. The molecule has 2 fully saturated rings. The Labute approximate surface area is 288 Å². The quantitative estimate of drug-likeness (QED) is 0.248. The van der Waals surface area contributed by atoms with Gasteiger partial charge in [0, 0.05) is 63.6 Å². The molecule has 1 aromatic heterocycles. The normalized spacial score (nSPS) is 17.1. The average molecular weight is 673 g/mol. The van der Waals surface area contributed by atoms with E-state index in [0.717, 1.165) is 24.3 Å². The van der Waals surface area contributed by atoms with Crippen LogP contribution in [0.25, 0.3) is 0 Å². The highest BCUT2D eigenvalue weighted by atomic mass is 16.5. The van der Waals surface area contributed by atoms with Crippen molar-refractivity contribution in [1.29, 1.82) is 0 Å². The topological polar surface area (TPSA) is 146 Å². The predicted molar refractivity (Wildman–Crippen MR) is 186 cm³/mol. The Balaban J connectivity index is 1.35. The maximum atomic E-state index is 14.2. The van der Waals surface area contributed by atoms with Crippen molar-refractivity contribution >= 4 is 29.4 Å². The summed E-state index contributed by atoms with van der Waals surface area (Å²) in [6, 6.07) is 14.5. The third kappa shape index (κ3) is 7.62. The Kier molecular flexibility index (Phi) is 11.4. The maximum absolute atomic E-state index is 14.2. The number of aromatic nitrogens is 2. The van der Waals surface area contributed by atoms with Crippen LogP contribution in [0.15, 0.2) is 67.1 Å². The first-order chi connectivity index (χ1) is 23.6. The zero-order valence-corrected chi connectivity index (χ0v) is 28.9. The fourth-order valence-corrected chi connectivity index (χ4v) is 6.78. The number of likely N-dealkylation sites (N-methyl/N-ethyl adjacent to an activating group) is 1. The third-order valence-corrected chi connectivity index (χ3v) is 9.84. The summed E-state index contributed by atoms with van der Waals surface area (Å²) in [5.74, 6) is -0.268. The first kappa shape index (κ1) is 35.6. The zero-order chi connectivity index (χ0) is 35.1. The van der Waals surface area contributed by atoms with Crippen LogP contribution in [0, 0.1) is 0 Å². The number of aryl methyl sites for hydroxylation is 1. The summed E-state index contributed by atoms with van der Waals surface area (Å²) in [5.41, 5.74) is 7.48. The minimum absolute atomic E-state index is 0.232. The van der Waals surface area contributed by atoms with Crippen LogP contribution in [-0.2, 0) is 34.3 Å². The highest BCUT2D eigenvalue weighted by Crippen LogP contribution is 2.40. The van der Waals surface area contributed by atoms with Gasteiger partial charge >= 0.3 is 6.03 Å². The predicted octanol–water partition coefficient (Wildman–Crippen LogP) is 2.20. The number of nitrogens with zero attached hydrogens (tertiary/aromatic N) is 6. The second kappa shape index (κ2) is 15.6. The number of carbonyl (C=O) groups is 4. The summed E-state index contributed by atoms with van der Waals surface area (Å²) in [6.45, 7) is 7.11. The number of nitrogens with one attached hydrogen (secondary N) is 1. The van der Waals surface area contributed by atoms with Crippen molar-refractivity contribution in [2.45, 2.75) is 57.2 Å². The molecule has 2 saturated heterocycles. The van der Waals surface area contributed by atoms with E-state index in [4.69, 9.17) is 10.5 Å². The lowest BCUT2D eigenvalue weighted by Crippen LogP contribution is -2.60. The van der Waals surface area contributed by atoms with Crippen molar-refractivity contribution < 1.29 is 23.9 Å². The van der Waals surface area contributed by atoms with Gasteiger partial charge in [0.15, 0.2) is 0 Å². The Hall–Kier alpha value is -4.75. The van der Waals surface area contributed by atoms with Gasteiger partial charge in [-0.3, -0.25) is 24.2 Å². The monoisotopic (exact) mass is 672 g/mol. The number of ether oxygens (including phenoxy) is 1. The molecule has 3 heterocycles. The van der Waals surface area contributed by atoms with E-state index in [1.54, 1.807) is 34.0 Å². The van der Waals surface area contributed by atoms with Gasteiger partial charge in [-0.25, -0.2) is 9.78 Å². The van der Waals surface area contributed by atoms with Crippen LogP contribution in [-0.4, -0.2) is 112 Å². The molecular weight excluding hydrogens is 624 g/mol. The van der Waals surface area contributed by atoms with Crippen molar-refractivity contribution in [3.05, 3.63) is 78.4 Å². The molecule has 5 amide bonds. The van der Waals surface area contributed by atoms with E-state index in [2.05, 4.69) is 29.0 Å². The lowest BCUT2D eigenvalue weighted by Gasteiger charge is -2.43. The molecule has 0 bridgehead atoms. The largest absolute Gasteiger partial charge is 0.497 e. The standard InChI is InChI=1S/C36H48N8O5/c1-5-41(6-2)20-21-43-34(47)36(44(35(43)48)27-10-8-7-9-11-27)16-18-42(19-17-36)33(46)31(22-26-12-14-29(49-4)15-13-26)39-32(45)30(37)23-28-24-38-25-40(28)3/h7-15,24-25,30-31H,5-6,16-23,37H2,1-4H3,(H,39,45)/t30?,31-/m1/s1. The van der Waals surface area contributed by atoms with E-state index in [-0.39, 0.29) is 56.6 Å². The molecule has 2 aliphatic rings. The number of piperidine rings is 1. The van der Waals surface area contributed by atoms with Gasteiger partial charge < -0.3 is 30.2 Å². The van der Waals surface area contributed by atoms with E-state index < -0.39 is 23.5 Å². The van der Waals surface area contributed by atoms with Gasteiger partial charge in [-0.2, -0.15) is 0 Å². The first-order valence-electron chi connectivity index (χ1n) is 17.0. The van der Waals surface area contributed by atoms with Crippen molar-refractivity contribution in [2.24, 2.45) is 12.8 Å². The number of imidazole rings is 1. The van der Waals surface area contributed by atoms with E-state index in [1.165, 1.54) is 4.90 Å².